The van der Waals surface area contributed by atoms with E-state index in [-0.39, 0.29) is 0 Å². The number of ether oxygens (including phenoxy) is 1. The molecule has 3 rings (SSSR count). The zero-order valence-electron chi connectivity index (χ0n) is 13.7. The van der Waals surface area contributed by atoms with Gasteiger partial charge in [0.25, 0.3) is 0 Å². The van der Waals surface area contributed by atoms with Crippen molar-refractivity contribution in [1.82, 2.24) is 19.6 Å². The first-order valence-electron chi connectivity index (χ1n) is 8.07. The molecule has 21 heavy (non-hydrogen) atoms. The minimum atomic E-state index is 0.424. The molecule has 0 unspecified atom stereocenters. The van der Waals surface area contributed by atoms with Crippen LogP contribution >= 0.6 is 0 Å². The van der Waals surface area contributed by atoms with Crippen LogP contribution < -0.4 is 0 Å². The summed E-state index contributed by atoms with van der Waals surface area (Å²) >= 11 is 0. The third-order valence-corrected chi connectivity index (χ3v) is 4.93. The average molecular weight is 292 g/mol. The molecule has 0 aromatic carbocycles. The lowest BCUT2D eigenvalue weighted by molar-refractivity contribution is 0.0171. The fourth-order valence-electron chi connectivity index (χ4n) is 3.54. The van der Waals surface area contributed by atoms with E-state index in [0.717, 1.165) is 19.6 Å². The highest BCUT2D eigenvalue weighted by atomic mass is 16.5. The summed E-state index contributed by atoms with van der Waals surface area (Å²) in [7, 11) is 4.16. The molecule has 0 amide bonds. The van der Waals surface area contributed by atoms with Gasteiger partial charge < -0.3 is 9.64 Å². The number of hydrogen-bond donors (Lipinski definition) is 0. The van der Waals surface area contributed by atoms with Crippen molar-refractivity contribution in [2.45, 2.75) is 45.1 Å². The molecule has 0 radical (unpaired) electrons. The minimum Gasteiger partial charge on any atom is -0.372 e. The highest BCUT2D eigenvalue weighted by Crippen LogP contribution is 2.33. The summed E-state index contributed by atoms with van der Waals surface area (Å²) in [6, 6.07) is 0.594. The van der Waals surface area contributed by atoms with Crippen LogP contribution in [0.25, 0.3) is 0 Å². The van der Waals surface area contributed by atoms with Gasteiger partial charge in [0, 0.05) is 56.9 Å². The van der Waals surface area contributed by atoms with Crippen LogP contribution in [0.1, 0.15) is 25.8 Å². The summed E-state index contributed by atoms with van der Waals surface area (Å²) in [4.78, 5) is 4.90. The van der Waals surface area contributed by atoms with E-state index in [1.807, 2.05) is 17.9 Å². The van der Waals surface area contributed by atoms with Crippen LogP contribution in [0, 0.1) is 5.92 Å². The number of aryl methyl sites for hydroxylation is 1. The van der Waals surface area contributed by atoms with Gasteiger partial charge in [-0.05, 0) is 27.3 Å². The summed E-state index contributed by atoms with van der Waals surface area (Å²) in [6.07, 6.45) is 6.15. The molecule has 118 valence electrons. The van der Waals surface area contributed by atoms with E-state index in [2.05, 4.69) is 42.0 Å². The molecule has 0 aliphatic carbocycles. The molecule has 1 aromatic rings. The number of likely N-dealkylation sites (tertiary alicyclic amines) is 1. The van der Waals surface area contributed by atoms with E-state index in [4.69, 9.17) is 4.74 Å². The van der Waals surface area contributed by atoms with Gasteiger partial charge in [0.2, 0.25) is 0 Å². The van der Waals surface area contributed by atoms with Crippen molar-refractivity contribution < 1.29 is 4.74 Å². The van der Waals surface area contributed by atoms with Crippen molar-refractivity contribution >= 4 is 0 Å². The van der Waals surface area contributed by atoms with Crippen LogP contribution in [-0.4, -0.2) is 64.5 Å². The first-order chi connectivity index (χ1) is 10.0. The second-order valence-corrected chi connectivity index (χ2v) is 7.04. The third kappa shape index (κ3) is 3.47. The highest BCUT2D eigenvalue weighted by molar-refractivity contribution is 5.05. The van der Waals surface area contributed by atoms with E-state index in [0.29, 0.717) is 24.2 Å². The summed E-state index contributed by atoms with van der Waals surface area (Å²) in [5.41, 5.74) is 1.30. The molecule has 5 heteroatoms. The van der Waals surface area contributed by atoms with Crippen molar-refractivity contribution in [2.24, 2.45) is 13.0 Å². The monoisotopic (exact) mass is 292 g/mol. The van der Waals surface area contributed by atoms with Crippen molar-refractivity contribution in [1.29, 1.82) is 0 Å². The second kappa shape index (κ2) is 6.07. The fraction of sp³-hybridized carbons (Fsp3) is 0.812. The Kier molecular flexibility index (Phi) is 4.33. The van der Waals surface area contributed by atoms with E-state index in [1.54, 1.807) is 0 Å². The van der Waals surface area contributed by atoms with Gasteiger partial charge in [-0.1, -0.05) is 0 Å². The molecule has 3 atom stereocenters. The van der Waals surface area contributed by atoms with Crippen LogP contribution in [0.3, 0.4) is 0 Å². The van der Waals surface area contributed by atoms with Crippen molar-refractivity contribution in [3.8, 4) is 0 Å². The summed E-state index contributed by atoms with van der Waals surface area (Å²) in [5.74, 6) is 0.715. The van der Waals surface area contributed by atoms with E-state index in [1.165, 1.54) is 18.5 Å². The predicted molar refractivity (Wildman–Crippen MR) is 83.0 cm³/mol. The van der Waals surface area contributed by atoms with Gasteiger partial charge in [0.1, 0.15) is 0 Å². The fourth-order valence-corrected chi connectivity index (χ4v) is 3.54. The van der Waals surface area contributed by atoms with Gasteiger partial charge in [0.15, 0.2) is 0 Å². The molecule has 0 saturated carbocycles. The van der Waals surface area contributed by atoms with Crippen LogP contribution in [0.4, 0.5) is 0 Å². The standard InChI is InChI=1S/C16H28N4O/c1-12(2)18(3)10-15-5-14-9-20(11-16(14)21-15)8-13-6-17-19(4)7-13/h6-7,12,14-16H,5,8-11H2,1-4H3/t14-,15-,16+/m1/s1. The van der Waals surface area contributed by atoms with Crippen molar-refractivity contribution in [3.05, 3.63) is 18.0 Å². The Bertz CT molecular complexity index is 459. The number of rotatable bonds is 5. The van der Waals surface area contributed by atoms with Crippen molar-refractivity contribution in [2.75, 3.05) is 26.7 Å². The molecular weight excluding hydrogens is 264 g/mol. The Morgan fingerprint density at radius 1 is 1.43 bits per heavy atom. The van der Waals surface area contributed by atoms with Gasteiger partial charge in [-0.15, -0.1) is 0 Å². The number of aromatic nitrogens is 2. The number of likely N-dealkylation sites (N-methyl/N-ethyl adjacent to an activating group) is 1. The molecule has 2 aliphatic rings. The average Bonchev–Trinajstić information content (AvgIpc) is 3.04. The van der Waals surface area contributed by atoms with Crippen LogP contribution in [-0.2, 0) is 18.3 Å². The van der Waals surface area contributed by atoms with Crippen LogP contribution in [0.15, 0.2) is 12.4 Å². The maximum atomic E-state index is 6.28. The Balaban J connectivity index is 1.47. The highest BCUT2D eigenvalue weighted by Gasteiger charge is 2.42. The Hall–Kier alpha value is -0.910. The predicted octanol–water partition coefficient (Wildman–Crippen LogP) is 1.35. The topological polar surface area (TPSA) is 33.5 Å². The van der Waals surface area contributed by atoms with Crippen LogP contribution in [0.2, 0.25) is 0 Å². The molecule has 3 heterocycles. The zero-order valence-corrected chi connectivity index (χ0v) is 13.7. The first kappa shape index (κ1) is 15.0. The summed E-state index contributed by atoms with van der Waals surface area (Å²) in [6.45, 7) is 8.79. The zero-order chi connectivity index (χ0) is 15.0. The minimum absolute atomic E-state index is 0.424. The molecule has 0 N–H and O–H groups in total. The van der Waals surface area contributed by atoms with E-state index < -0.39 is 0 Å². The molecule has 2 aliphatic heterocycles. The Morgan fingerprint density at radius 3 is 2.86 bits per heavy atom. The first-order valence-corrected chi connectivity index (χ1v) is 8.07. The Labute approximate surface area is 127 Å². The largest absolute Gasteiger partial charge is 0.372 e. The Morgan fingerprint density at radius 2 is 2.24 bits per heavy atom. The molecule has 2 fully saturated rings. The van der Waals surface area contributed by atoms with Gasteiger partial charge in [-0.2, -0.15) is 5.10 Å². The maximum absolute atomic E-state index is 6.28. The lowest BCUT2D eigenvalue weighted by atomic mass is 10.0. The molecule has 5 nitrogen and oxygen atoms in total. The number of hydrogen-bond acceptors (Lipinski definition) is 4. The molecule has 2 saturated heterocycles. The van der Waals surface area contributed by atoms with Gasteiger partial charge >= 0.3 is 0 Å². The summed E-state index contributed by atoms with van der Waals surface area (Å²) < 4.78 is 8.15. The molecule has 0 bridgehead atoms. The SMILES string of the molecule is CC(C)N(C)C[C@H]1C[C@@H]2CN(Cc3cnn(C)c3)C[C@@H]2O1. The third-order valence-electron chi connectivity index (χ3n) is 4.93. The van der Waals surface area contributed by atoms with Gasteiger partial charge in [-0.25, -0.2) is 0 Å². The number of nitrogens with zero attached hydrogens (tertiary/aromatic N) is 4. The number of fused-ring (bicyclic) bond motifs is 1. The normalized spacial score (nSPS) is 29.7. The second-order valence-electron chi connectivity index (χ2n) is 7.04. The van der Waals surface area contributed by atoms with Gasteiger partial charge in [0.05, 0.1) is 18.4 Å². The van der Waals surface area contributed by atoms with E-state index >= 15 is 0 Å². The lowest BCUT2D eigenvalue weighted by Crippen LogP contribution is -2.35. The van der Waals surface area contributed by atoms with Gasteiger partial charge in [-0.3, -0.25) is 9.58 Å². The molecule has 1 aromatic heterocycles. The smallest absolute Gasteiger partial charge is 0.0747 e. The van der Waals surface area contributed by atoms with Crippen molar-refractivity contribution in [3.63, 3.8) is 0 Å². The lowest BCUT2D eigenvalue weighted by Gasteiger charge is -2.25. The van der Waals surface area contributed by atoms with E-state index in [9.17, 15) is 0 Å². The van der Waals surface area contributed by atoms with Crippen LogP contribution in [0.5, 0.6) is 0 Å². The maximum Gasteiger partial charge on any atom is 0.0747 e. The quantitative estimate of drug-likeness (QED) is 0.820. The molecular formula is C16H28N4O. The molecule has 0 spiro atoms. The summed E-state index contributed by atoms with van der Waals surface area (Å²) in [5, 5.41) is 4.25.